The summed E-state index contributed by atoms with van der Waals surface area (Å²) in [7, 11) is 0. The van der Waals surface area contributed by atoms with Gasteiger partial charge in [-0.05, 0) is 37.0 Å². The van der Waals surface area contributed by atoms with Gasteiger partial charge < -0.3 is 10.0 Å². The number of thiocarbonyl (C=S) groups is 1. The summed E-state index contributed by atoms with van der Waals surface area (Å²) in [5, 5.41) is 9.85. The third-order valence-electron chi connectivity index (χ3n) is 4.72. The van der Waals surface area contributed by atoms with Crippen molar-refractivity contribution in [2.75, 3.05) is 13.1 Å². The SMILES string of the molecule is O=C(O)C1CCCCN1C(=O)CCN1C(=O)C(=Cc2ccccc2Cl)SC1=S. The van der Waals surface area contributed by atoms with Gasteiger partial charge in [0.25, 0.3) is 5.91 Å². The van der Waals surface area contributed by atoms with Gasteiger partial charge >= 0.3 is 5.97 Å². The van der Waals surface area contributed by atoms with Crippen molar-refractivity contribution in [3.8, 4) is 0 Å². The number of carboxylic acid groups (broad SMARTS) is 1. The molecule has 0 bridgehead atoms. The van der Waals surface area contributed by atoms with Gasteiger partial charge in [0.15, 0.2) is 0 Å². The van der Waals surface area contributed by atoms with Crippen LogP contribution >= 0.6 is 35.6 Å². The molecule has 1 aromatic carbocycles. The number of carbonyl (C=O) groups is 3. The number of amides is 2. The van der Waals surface area contributed by atoms with Crippen molar-refractivity contribution in [1.29, 1.82) is 0 Å². The van der Waals surface area contributed by atoms with Crippen LogP contribution in [0.3, 0.4) is 0 Å². The van der Waals surface area contributed by atoms with Crippen LogP contribution in [0.25, 0.3) is 6.08 Å². The zero-order valence-electron chi connectivity index (χ0n) is 15.0. The van der Waals surface area contributed by atoms with E-state index in [2.05, 4.69) is 0 Å². The van der Waals surface area contributed by atoms with Crippen LogP contribution in [0.2, 0.25) is 5.02 Å². The molecule has 148 valence electrons. The molecule has 1 N–H and O–H groups in total. The minimum Gasteiger partial charge on any atom is -0.480 e. The van der Waals surface area contributed by atoms with Gasteiger partial charge in [0.05, 0.1) is 4.91 Å². The number of rotatable bonds is 5. The van der Waals surface area contributed by atoms with E-state index >= 15 is 0 Å². The van der Waals surface area contributed by atoms with Crippen LogP contribution in [0.1, 0.15) is 31.2 Å². The summed E-state index contributed by atoms with van der Waals surface area (Å²) in [5.74, 6) is -1.52. The van der Waals surface area contributed by atoms with Crippen LogP contribution in [0.5, 0.6) is 0 Å². The topological polar surface area (TPSA) is 77.9 Å². The highest BCUT2D eigenvalue weighted by atomic mass is 35.5. The zero-order valence-corrected chi connectivity index (χ0v) is 17.4. The third kappa shape index (κ3) is 4.56. The molecule has 2 amide bonds. The summed E-state index contributed by atoms with van der Waals surface area (Å²) < 4.78 is 0.379. The van der Waals surface area contributed by atoms with E-state index < -0.39 is 12.0 Å². The maximum absolute atomic E-state index is 12.7. The van der Waals surface area contributed by atoms with Crippen molar-refractivity contribution in [2.24, 2.45) is 0 Å². The number of aliphatic carboxylic acids is 1. The van der Waals surface area contributed by atoms with Crippen LogP contribution in [0.4, 0.5) is 0 Å². The standard InChI is InChI=1S/C19H19ClN2O4S2/c20-13-6-2-1-5-12(13)11-15-17(24)22(19(27)28-15)10-8-16(23)21-9-4-3-7-14(21)18(25)26/h1-2,5-6,11,14H,3-4,7-10H2,(H,25,26). The van der Waals surface area contributed by atoms with Crippen LogP contribution in [-0.4, -0.2) is 56.1 Å². The molecule has 2 aliphatic rings. The van der Waals surface area contributed by atoms with Gasteiger partial charge in [-0.1, -0.05) is 53.8 Å². The zero-order chi connectivity index (χ0) is 20.3. The molecule has 1 unspecified atom stereocenters. The number of piperidine rings is 1. The molecule has 2 aliphatic heterocycles. The molecule has 0 spiro atoms. The first-order valence-electron chi connectivity index (χ1n) is 8.90. The first-order chi connectivity index (χ1) is 13.4. The minimum absolute atomic E-state index is 0.0373. The molecule has 9 heteroatoms. The highest BCUT2D eigenvalue weighted by molar-refractivity contribution is 8.26. The van der Waals surface area contributed by atoms with E-state index in [0.717, 1.165) is 18.4 Å². The molecule has 0 saturated carbocycles. The maximum atomic E-state index is 12.7. The van der Waals surface area contributed by atoms with Crippen LogP contribution in [0.15, 0.2) is 29.2 Å². The molecule has 1 atom stereocenters. The second kappa shape index (κ2) is 9.07. The van der Waals surface area contributed by atoms with E-state index in [1.165, 1.54) is 21.6 Å². The summed E-state index contributed by atoms with van der Waals surface area (Å²) in [5.41, 5.74) is 0.721. The lowest BCUT2D eigenvalue weighted by Crippen LogP contribution is -2.48. The number of nitrogens with zero attached hydrogens (tertiary/aromatic N) is 2. The monoisotopic (exact) mass is 438 g/mol. The Morgan fingerprint density at radius 1 is 1.32 bits per heavy atom. The maximum Gasteiger partial charge on any atom is 0.326 e. The Labute approximate surface area is 177 Å². The normalized spacial score (nSPS) is 21.5. The Hall–Kier alpha value is -1.90. The summed E-state index contributed by atoms with van der Waals surface area (Å²) in [6.07, 6.45) is 3.77. The molecule has 3 rings (SSSR count). The molecule has 2 heterocycles. The van der Waals surface area contributed by atoms with Gasteiger partial charge in [0.2, 0.25) is 5.91 Å². The lowest BCUT2D eigenvalue weighted by molar-refractivity contribution is -0.152. The van der Waals surface area contributed by atoms with Crippen molar-refractivity contribution < 1.29 is 19.5 Å². The number of carboxylic acids is 1. The number of thioether (sulfide) groups is 1. The van der Waals surface area contributed by atoms with E-state index in [1.54, 1.807) is 18.2 Å². The molecule has 6 nitrogen and oxygen atoms in total. The van der Waals surface area contributed by atoms with E-state index in [-0.39, 0.29) is 24.8 Å². The number of likely N-dealkylation sites (tertiary alicyclic amines) is 1. The first-order valence-corrected chi connectivity index (χ1v) is 10.5. The van der Waals surface area contributed by atoms with Crippen molar-refractivity contribution in [3.63, 3.8) is 0 Å². The molecule has 1 aromatic rings. The van der Waals surface area contributed by atoms with E-state index in [9.17, 15) is 19.5 Å². The number of hydrogen-bond donors (Lipinski definition) is 1. The van der Waals surface area contributed by atoms with Gasteiger partial charge in [-0.25, -0.2) is 4.79 Å². The van der Waals surface area contributed by atoms with Gasteiger partial charge in [-0.2, -0.15) is 0 Å². The largest absolute Gasteiger partial charge is 0.480 e. The Bertz CT molecular complexity index is 858. The second-order valence-corrected chi connectivity index (χ2v) is 8.62. The number of benzene rings is 1. The first kappa shape index (κ1) is 20.8. The molecule has 0 aliphatic carbocycles. The third-order valence-corrected chi connectivity index (χ3v) is 6.44. The predicted octanol–water partition coefficient (Wildman–Crippen LogP) is 3.40. The quantitative estimate of drug-likeness (QED) is 0.560. The summed E-state index contributed by atoms with van der Waals surface area (Å²) in [6, 6.07) is 6.40. The van der Waals surface area contributed by atoms with Crippen LogP contribution in [0, 0.1) is 0 Å². The molecule has 0 radical (unpaired) electrons. The Morgan fingerprint density at radius 2 is 2.07 bits per heavy atom. The van der Waals surface area contributed by atoms with Gasteiger partial charge in [-0.15, -0.1) is 0 Å². The molecular formula is C19H19ClN2O4S2. The van der Waals surface area contributed by atoms with Crippen molar-refractivity contribution >= 4 is 63.8 Å². The Morgan fingerprint density at radius 3 is 2.79 bits per heavy atom. The van der Waals surface area contributed by atoms with Crippen LogP contribution in [-0.2, 0) is 14.4 Å². The van der Waals surface area contributed by atoms with Crippen LogP contribution < -0.4 is 0 Å². The Balaban J connectivity index is 1.65. The summed E-state index contributed by atoms with van der Waals surface area (Å²) >= 11 is 12.6. The van der Waals surface area contributed by atoms with Gasteiger partial charge in [0, 0.05) is 24.5 Å². The second-order valence-electron chi connectivity index (χ2n) is 6.54. The lowest BCUT2D eigenvalue weighted by atomic mass is 10.0. The summed E-state index contributed by atoms with van der Waals surface area (Å²) in [4.78, 5) is 39.8. The molecule has 2 saturated heterocycles. The van der Waals surface area contributed by atoms with E-state index in [4.69, 9.17) is 23.8 Å². The summed E-state index contributed by atoms with van der Waals surface area (Å²) in [6.45, 7) is 0.562. The highest BCUT2D eigenvalue weighted by Gasteiger charge is 2.35. The number of carbonyl (C=O) groups excluding carboxylic acids is 2. The van der Waals surface area contributed by atoms with Gasteiger partial charge in [0.1, 0.15) is 10.4 Å². The van der Waals surface area contributed by atoms with Crippen molar-refractivity contribution in [1.82, 2.24) is 9.80 Å². The average Bonchev–Trinajstić information content (AvgIpc) is 2.94. The number of halogens is 1. The van der Waals surface area contributed by atoms with E-state index in [0.29, 0.717) is 27.2 Å². The van der Waals surface area contributed by atoms with Crippen molar-refractivity contribution in [2.45, 2.75) is 31.7 Å². The van der Waals surface area contributed by atoms with E-state index in [1.807, 2.05) is 12.1 Å². The number of hydrogen-bond acceptors (Lipinski definition) is 5. The molecule has 0 aromatic heterocycles. The fraction of sp³-hybridized carbons (Fsp3) is 0.368. The highest BCUT2D eigenvalue weighted by Crippen LogP contribution is 2.34. The lowest BCUT2D eigenvalue weighted by Gasteiger charge is -2.33. The fourth-order valence-corrected chi connectivity index (χ4v) is 4.75. The molecular weight excluding hydrogens is 420 g/mol. The smallest absolute Gasteiger partial charge is 0.326 e. The van der Waals surface area contributed by atoms with Crippen molar-refractivity contribution in [3.05, 3.63) is 39.8 Å². The average molecular weight is 439 g/mol. The fourth-order valence-electron chi connectivity index (χ4n) is 3.26. The molecule has 2 fully saturated rings. The molecule has 28 heavy (non-hydrogen) atoms. The van der Waals surface area contributed by atoms with Gasteiger partial charge in [-0.3, -0.25) is 14.5 Å². The Kier molecular flexibility index (Phi) is 6.74. The minimum atomic E-state index is -0.985. The predicted molar refractivity (Wildman–Crippen MR) is 113 cm³/mol.